The van der Waals surface area contributed by atoms with Crippen molar-refractivity contribution in [2.24, 2.45) is 5.92 Å². The first-order chi connectivity index (χ1) is 9.29. The molecule has 0 radical (unpaired) electrons. The second kappa shape index (κ2) is 6.93. The predicted molar refractivity (Wildman–Crippen MR) is 76.0 cm³/mol. The number of hydrogen-bond donors (Lipinski definition) is 1. The molecule has 0 aromatic carbocycles. The Morgan fingerprint density at radius 1 is 1.47 bits per heavy atom. The van der Waals surface area contributed by atoms with Crippen LogP contribution in [0.3, 0.4) is 0 Å². The van der Waals surface area contributed by atoms with Gasteiger partial charge in [-0.2, -0.15) is 5.26 Å². The summed E-state index contributed by atoms with van der Waals surface area (Å²) in [7, 11) is 2.07. The zero-order chi connectivity index (χ0) is 13.5. The molecule has 1 fully saturated rings. The molecular formula is C14H21N5. The normalized spacial score (nSPS) is 14.5. The van der Waals surface area contributed by atoms with Crippen LogP contribution in [0.5, 0.6) is 0 Å². The Hall–Kier alpha value is -1.83. The van der Waals surface area contributed by atoms with Gasteiger partial charge in [0.05, 0.1) is 12.5 Å². The third-order valence-electron chi connectivity index (χ3n) is 3.68. The maximum Gasteiger partial charge on any atom is 0.133 e. The number of hydrogen-bond acceptors (Lipinski definition) is 5. The van der Waals surface area contributed by atoms with Crippen LogP contribution in [0.25, 0.3) is 0 Å². The highest BCUT2D eigenvalue weighted by molar-refractivity contribution is 5.47. The van der Waals surface area contributed by atoms with Gasteiger partial charge in [-0.15, -0.1) is 0 Å². The fourth-order valence-electron chi connectivity index (χ4n) is 2.17. The number of nitriles is 1. The highest BCUT2D eigenvalue weighted by atomic mass is 15.2. The molecule has 1 aliphatic carbocycles. The Balaban J connectivity index is 1.83. The second-order valence-corrected chi connectivity index (χ2v) is 5.10. The summed E-state index contributed by atoms with van der Waals surface area (Å²) in [5.74, 6) is 2.64. The molecule has 0 atom stereocenters. The standard InChI is InChI=1S/C14H21N5/c1-19(9-6-12-4-2-5-12)14-10-13(17-11-18-14)16-8-3-7-15/h10-12H,2-6,8-9H2,1H3,(H,16,17,18). The largest absolute Gasteiger partial charge is 0.369 e. The Morgan fingerprint density at radius 3 is 3.00 bits per heavy atom. The van der Waals surface area contributed by atoms with E-state index in [9.17, 15) is 0 Å². The van der Waals surface area contributed by atoms with Crippen LogP contribution < -0.4 is 10.2 Å². The molecule has 2 rings (SSSR count). The predicted octanol–water partition coefficient (Wildman–Crippen LogP) is 2.43. The van der Waals surface area contributed by atoms with Crippen LogP contribution in [-0.4, -0.2) is 30.1 Å². The van der Waals surface area contributed by atoms with Crippen molar-refractivity contribution in [2.75, 3.05) is 30.4 Å². The summed E-state index contributed by atoms with van der Waals surface area (Å²) < 4.78 is 0. The van der Waals surface area contributed by atoms with Crippen LogP contribution >= 0.6 is 0 Å². The van der Waals surface area contributed by atoms with Gasteiger partial charge in [-0.25, -0.2) is 9.97 Å². The van der Waals surface area contributed by atoms with E-state index in [1.54, 1.807) is 6.33 Å². The summed E-state index contributed by atoms with van der Waals surface area (Å²) in [6, 6.07) is 4.05. The van der Waals surface area contributed by atoms with Gasteiger partial charge in [-0.05, 0) is 12.3 Å². The van der Waals surface area contributed by atoms with Crippen molar-refractivity contribution < 1.29 is 0 Å². The Morgan fingerprint density at radius 2 is 2.32 bits per heavy atom. The molecule has 0 spiro atoms. The van der Waals surface area contributed by atoms with Crippen molar-refractivity contribution in [2.45, 2.75) is 32.1 Å². The fraction of sp³-hybridized carbons (Fsp3) is 0.643. The minimum Gasteiger partial charge on any atom is -0.369 e. The molecule has 0 saturated heterocycles. The zero-order valence-corrected chi connectivity index (χ0v) is 11.5. The highest BCUT2D eigenvalue weighted by Gasteiger charge is 2.17. The minimum absolute atomic E-state index is 0.483. The van der Waals surface area contributed by atoms with E-state index < -0.39 is 0 Å². The lowest BCUT2D eigenvalue weighted by Crippen LogP contribution is -2.24. The van der Waals surface area contributed by atoms with Gasteiger partial charge in [0.15, 0.2) is 0 Å². The van der Waals surface area contributed by atoms with Gasteiger partial charge in [0, 0.05) is 26.2 Å². The number of rotatable bonds is 7. The molecule has 5 nitrogen and oxygen atoms in total. The van der Waals surface area contributed by atoms with E-state index >= 15 is 0 Å². The van der Waals surface area contributed by atoms with Crippen LogP contribution in [0, 0.1) is 17.2 Å². The molecule has 1 aromatic rings. The van der Waals surface area contributed by atoms with Crippen LogP contribution in [0.2, 0.25) is 0 Å². The molecule has 0 amide bonds. The molecule has 1 N–H and O–H groups in total. The van der Waals surface area contributed by atoms with Crippen LogP contribution in [0.15, 0.2) is 12.4 Å². The lowest BCUT2D eigenvalue weighted by atomic mass is 9.83. The van der Waals surface area contributed by atoms with Gasteiger partial charge in [0.1, 0.15) is 18.0 Å². The van der Waals surface area contributed by atoms with E-state index in [0.29, 0.717) is 13.0 Å². The molecule has 0 aliphatic heterocycles. The molecule has 1 saturated carbocycles. The van der Waals surface area contributed by atoms with Gasteiger partial charge in [0.25, 0.3) is 0 Å². The van der Waals surface area contributed by atoms with E-state index in [1.807, 2.05) is 6.07 Å². The lowest BCUT2D eigenvalue weighted by molar-refractivity contribution is 0.299. The third-order valence-corrected chi connectivity index (χ3v) is 3.68. The first-order valence-corrected chi connectivity index (χ1v) is 6.93. The first-order valence-electron chi connectivity index (χ1n) is 6.93. The molecule has 102 valence electrons. The van der Waals surface area contributed by atoms with Crippen molar-refractivity contribution >= 4 is 11.6 Å². The van der Waals surface area contributed by atoms with E-state index in [2.05, 4.69) is 33.3 Å². The molecule has 5 heteroatoms. The Bertz CT molecular complexity index is 436. The Kier molecular flexibility index (Phi) is 4.96. The monoisotopic (exact) mass is 259 g/mol. The average Bonchev–Trinajstić information content (AvgIpc) is 2.37. The molecule has 0 bridgehead atoms. The average molecular weight is 259 g/mol. The SMILES string of the molecule is CN(CCC1CCC1)c1cc(NCCC#N)ncn1. The summed E-state index contributed by atoms with van der Waals surface area (Å²) >= 11 is 0. The van der Waals surface area contributed by atoms with E-state index in [0.717, 1.165) is 24.1 Å². The molecule has 0 unspecified atom stereocenters. The number of anilines is 2. The first kappa shape index (κ1) is 13.6. The van der Waals surface area contributed by atoms with Crippen molar-refractivity contribution in [3.63, 3.8) is 0 Å². The molecule has 1 heterocycles. The van der Waals surface area contributed by atoms with E-state index in [1.165, 1.54) is 25.7 Å². The smallest absolute Gasteiger partial charge is 0.133 e. The van der Waals surface area contributed by atoms with Crippen molar-refractivity contribution in [3.05, 3.63) is 12.4 Å². The van der Waals surface area contributed by atoms with E-state index in [-0.39, 0.29) is 0 Å². The highest BCUT2D eigenvalue weighted by Crippen LogP contribution is 2.29. The summed E-state index contributed by atoms with van der Waals surface area (Å²) in [5.41, 5.74) is 0. The number of nitrogens with one attached hydrogen (secondary N) is 1. The topological polar surface area (TPSA) is 64.8 Å². The van der Waals surface area contributed by atoms with Crippen LogP contribution in [0.1, 0.15) is 32.1 Å². The molecule has 19 heavy (non-hydrogen) atoms. The van der Waals surface area contributed by atoms with Gasteiger partial charge >= 0.3 is 0 Å². The minimum atomic E-state index is 0.483. The van der Waals surface area contributed by atoms with Crippen molar-refractivity contribution in [1.29, 1.82) is 5.26 Å². The maximum atomic E-state index is 8.51. The second-order valence-electron chi connectivity index (χ2n) is 5.10. The maximum absolute atomic E-state index is 8.51. The van der Waals surface area contributed by atoms with Crippen LogP contribution in [0.4, 0.5) is 11.6 Å². The Labute approximate surface area is 114 Å². The van der Waals surface area contributed by atoms with Crippen LogP contribution in [-0.2, 0) is 0 Å². The molecular weight excluding hydrogens is 238 g/mol. The van der Waals surface area contributed by atoms with Crippen molar-refractivity contribution in [1.82, 2.24) is 9.97 Å². The van der Waals surface area contributed by atoms with E-state index in [4.69, 9.17) is 5.26 Å². The number of nitrogens with zero attached hydrogens (tertiary/aromatic N) is 4. The summed E-state index contributed by atoms with van der Waals surface area (Å²) in [6.07, 6.45) is 7.48. The van der Waals surface area contributed by atoms with Gasteiger partial charge in [-0.1, -0.05) is 19.3 Å². The fourth-order valence-corrected chi connectivity index (χ4v) is 2.17. The zero-order valence-electron chi connectivity index (χ0n) is 11.5. The van der Waals surface area contributed by atoms with Gasteiger partial charge in [-0.3, -0.25) is 0 Å². The lowest BCUT2D eigenvalue weighted by Gasteiger charge is -2.28. The third kappa shape index (κ3) is 4.09. The summed E-state index contributed by atoms with van der Waals surface area (Å²) in [5, 5.41) is 11.6. The van der Waals surface area contributed by atoms with Crippen molar-refractivity contribution in [3.8, 4) is 6.07 Å². The summed E-state index contributed by atoms with van der Waals surface area (Å²) in [6.45, 7) is 1.66. The number of aromatic nitrogens is 2. The van der Waals surface area contributed by atoms with Gasteiger partial charge < -0.3 is 10.2 Å². The molecule has 1 aromatic heterocycles. The quantitative estimate of drug-likeness (QED) is 0.762. The molecule has 1 aliphatic rings. The summed E-state index contributed by atoms with van der Waals surface area (Å²) in [4.78, 5) is 10.6. The van der Waals surface area contributed by atoms with Gasteiger partial charge in [0.2, 0.25) is 0 Å².